The fourth-order valence-corrected chi connectivity index (χ4v) is 2.69. The van der Waals surface area contributed by atoms with Gasteiger partial charge in [-0.2, -0.15) is 0 Å². The molecule has 0 heterocycles. The highest BCUT2D eigenvalue weighted by Crippen LogP contribution is 2.28. The van der Waals surface area contributed by atoms with Crippen molar-refractivity contribution in [3.8, 4) is 0 Å². The van der Waals surface area contributed by atoms with Gasteiger partial charge in [0.2, 0.25) is 5.91 Å². The van der Waals surface area contributed by atoms with Crippen LogP contribution >= 0.6 is 24.0 Å². The van der Waals surface area contributed by atoms with E-state index in [-0.39, 0.29) is 36.8 Å². The number of nitrogens with two attached hydrogens (primary N) is 1. The summed E-state index contributed by atoms with van der Waals surface area (Å²) in [6, 6.07) is 5.19. The third-order valence-corrected chi connectivity index (χ3v) is 4.94. The second-order valence-corrected chi connectivity index (χ2v) is 6.50. The molecule has 24 heavy (non-hydrogen) atoms. The van der Waals surface area contributed by atoms with Gasteiger partial charge in [0.25, 0.3) is 5.91 Å². The number of hydrogen-bond donors (Lipinski definition) is 3. The predicted octanol–water partition coefficient (Wildman–Crippen LogP) is 3.36. The van der Waals surface area contributed by atoms with Gasteiger partial charge in [-0.25, -0.2) is 0 Å². The summed E-state index contributed by atoms with van der Waals surface area (Å²) in [6.45, 7) is 4.19. The summed E-state index contributed by atoms with van der Waals surface area (Å²) in [5.41, 5.74) is 6.15. The number of hydrogen-bond acceptors (Lipinski definition) is 3. The Morgan fingerprint density at radius 1 is 1.29 bits per heavy atom. The van der Waals surface area contributed by atoms with E-state index in [1.807, 2.05) is 13.8 Å². The molecular weight excluding hydrogens is 349 g/mol. The van der Waals surface area contributed by atoms with Crippen molar-refractivity contribution in [1.82, 2.24) is 5.32 Å². The number of halogens is 2. The van der Waals surface area contributed by atoms with Crippen molar-refractivity contribution in [2.75, 3.05) is 11.9 Å². The Morgan fingerprint density at radius 3 is 2.42 bits per heavy atom. The smallest absolute Gasteiger partial charge is 0.253 e. The van der Waals surface area contributed by atoms with Gasteiger partial charge in [0.15, 0.2) is 0 Å². The summed E-state index contributed by atoms with van der Waals surface area (Å²) in [7, 11) is 0. The maximum absolute atomic E-state index is 12.6. The summed E-state index contributed by atoms with van der Waals surface area (Å²) in [4.78, 5) is 24.7. The monoisotopic (exact) mass is 373 g/mol. The van der Waals surface area contributed by atoms with Crippen molar-refractivity contribution in [3.05, 3.63) is 28.8 Å². The molecule has 0 spiro atoms. The van der Waals surface area contributed by atoms with Gasteiger partial charge < -0.3 is 16.4 Å². The van der Waals surface area contributed by atoms with E-state index in [0.717, 1.165) is 12.8 Å². The first-order valence-electron chi connectivity index (χ1n) is 8.07. The van der Waals surface area contributed by atoms with Crippen molar-refractivity contribution in [2.24, 2.45) is 11.1 Å². The van der Waals surface area contributed by atoms with Crippen LogP contribution in [0.3, 0.4) is 0 Å². The first-order chi connectivity index (χ1) is 11.0. The first kappa shape index (κ1) is 20.7. The van der Waals surface area contributed by atoms with Crippen LogP contribution in [0.5, 0.6) is 0 Å². The average Bonchev–Trinajstić information content (AvgIpc) is 3.35. The molecule has 0 atom stereocenters. The molecule has 0 aromatic heterocycles. The SMILES string of the molecule is CCC(CC)(CN)C(=O)Nc1ccc(Cl)c(C(=O)NC2CC2)c1.Cl. The number of carbonyl (C=O) groups excluding carboxylic acids is 2. The molecule has 1 aliphatic rings. The minimum absolute atomic E-state index is 0. The zero-order chi connectivity index (χ0) is 17.0. The van der Waals surface area contributed by atoms with Gasteiger partial charge in [-0.05, 0) is 43.9 Å². The van der Waals surface area contributed by atoms with Crippen molar-refractivity contribution in [2.45, 2.75) is 45.6 Å². The number of amides is 2. The molecule has 1 aliphatic carbocycles. The summed E-state index contributed by atoms with van der Waals surface area (Å²) < 4.78 is 0. The molecule has 0 bridgehead atoms. The summed E-state index contributed by atoms with van der Waals surface area (Å²) in [5.74, 6) is -0.328. The van der Waals surface area contributed by atoms with E-state index in [4.69, 9.17) is 17.3 Å². The molecule has 2 rings (SSSR count). The Kier molecular flexibility index (Phi) is 7.52. The van der Waals surface area contributed by atoms with Crippen LogP contribution in [0.1, 0.15) is 49.9 Å². The fourth-order valence-electron chi connectivity index (χ4n) is 2.48. The lowest BCUT2D eigenvalue weighted by Crippen LogP contribution is -2.41. The van der Waals surface area contributed by atoms with Gasteiger partial charge >= 0.3 is 0 Å². The van der Waals surface area contributed by atoms with E-state index in [1.54, 1.807) is 18.2 Å². The standard InChI is InChI=1S/C17H24ClN3O2.ClH/c1-3-17(4-2,10-19)16(23)21-12-7-8-14(18)13(9-12)15(22)20-11-5-6-11;/h7-9,11H,3-6,10,19H2,1-2H3,(H,20,22)(H,21,23);1H. The van der Waals surface area contributed by atoms with Crippen molar-refractivity contribution < 1.29 is 9.59 Å². The minimum Gasteiger partial charge on any atom is -0.349 e. The molecule has 0 aliphatic heterocycles. The van der Waals surface area contributed by atoms with E-state index in [1.165, 1.54) is 0 Å². The van der Waals surface area contributed by atoms with Crippen LogP contribution in [0.2, 0.25) is 5.02 Å². The van der Waals surface area contributed by atoms with Gasteiger partial charge in [-0.15, -0.1) is 12.4 Å². The van der Waals surface area contributed by atoms with Crippen LogP contribution in [0.4, 0.5) is 5.69 Å². The average molecular weight is 374 g/mol. The Labute approximate surface area is 154 Å². The molecule has 0 unspecified atom stereocenters. The number of rotatable bonds is 7. The zero-order valence-corrected chi connectivity index (χ0v) is 15.6. The number of carbonyl (C=O) groups is 2. The van der Waals surface area contributed by atoms with Crippen LogP contribution in [0, 0.1) is 5.41 Å². The Balaban J connectivity index is 0.00000288. The second-order valence-electron chi connectivity index (χ2n) is 6.09. The Morgan fingerprint density at radius 2 is 1.92 bits per heavy atom. The molecule has 7 heteroatoms. The lowest BCUT2D eigenvalue weighted by atomic mass is 9.81. The maximum Gasteiger partial charge on any atom is 0.253 e. The molecule has 1 fully saturated rings. The molecule has 1 aromatic rings. The fraction of sp³-hybridized carbons (Fsp3) is 0.529. The van der Waals surface area contributed by atoms with Gasteiger partial charge in [-0.1, -0.05) is 25.4 Å². The van der Waals surface area contributed by atoms with Crippen LogP contribution in [0.15, 0.2) is 18.2 Å². The highest BCUT2D eigenvalue weighted by molar-refractivity contribution is 6.34. The largest absolute Gasteiger partial charge is 0.349 e. The normalized spacial score (nSPS) is 13.8. The molecular formula is C17H25Cl2N3O2. The van der Waals surface area contributed by atoms with E-state index in [0.29, 0.717) is 29.1 Å². The molecule has 2 amide bonds. The molecule has 1 aromatic carbocycles. The molecule has 0 saturated heterocycles. The van der Waals surface area contributed by atoms with E-state index in [2.05, 4.69) is 10.6 Å². The van der Waals surface area contributed by atoms with Crippen LogP contribution < -0.4 is 16.4 Å². The highest BCUT2D eigenvalue weighted by Gasteiger charge is 2.33. The Hall–Kier alpha value is -1.30. The van der Waals surface area contributed by atoms with Crippen LogP contribution in [0.25, 0.3) is 0 Å². The summed E-state index contributed by atoms with van der Waals surface area (Å²) >= 11 is 6.11. The van der Waals surface area contributed by atoms with Crippen molar-refractivity contribution >= 4 is 41.5 Å². The molecule has 134 valence electrons. The summed E-state index contributed by atoms with van der Waals surface area (Å²) in [5, 5.41) is 6.14. The number of anilines is 1. The van der Waals surface area contributed by atoms with Gasteiger partial charge in [0.05, 0.1) is 16.0 Å². The van der Waals surface area contributed by atoms with Crippen LogP contribution in [-0.2, 0) is 4.79 Å². The highest BCUT2D eigenvalue weighted by atomic mass is 35.5. The molecule has 4 N–H and O–H groups in total. The van der Waals surface area contributed by atoms with E-state index < -0.39 is 5.41 Å². The maximum atomic E-state index is 12.6. The van der Waals surface area contributed by atoms with Crippen molar-refractivity contribution in [3.63, 3.8) is 0 Å². The van der Waals surface area contributed by atoms with Gasteiger partial charge in [0.1, 0.15) is 0 Å². The minimum atomic E-state index is -0.587. The number of nitrogens with one attached hydrogen (secondary N) is 2. The second kappa shape index (κ2) is 8.70. The van der Waals surface area contributed by atoms with Crippen LogP contribution in [-0.4, -0.2) is 24.4 Å². The molecule has 1 saturated carbocycles. The number of benzene rings is 1. The third-order valence-electron chi connectivity index (χ3n) is 4.61. The lowest BCUT2D eigenvalue weighted by molar-refractivity contribution is -0.125. The predicted molar refractivity (Wildman–Crippen MR) is 99.9 cm³/mol. The zero-order valence-electron chi connectivity index (χ0n) is 14.0. The van der Waals surface area contributed by atoms with E-state index >= 15 is 0 Å². The topological polar surface area (TPSA) is 84.2 Å². The van der Waals surface area contributed by atoms with Crippen molar-refractivity contribution in [1.29, 1.82) is 0 Å². The first-order valence-corrected chi connectivity index (χ1v) is 8.45. The van der Waals surface area contributed by atoms with Gasteiger partial charge in [-0.3, -0.25) is 9.59 Å². The van der Waals surface area contributed by atoms with Gasteiger partial charge in [0, 0.05) is 18.3 Å². The Bertz CT molecular complexity index is 591. The van der Waals surface area contributed by atoms with E-state index in [9.17, 15) is 9.59 Å². The summed E-state index contributed by atoms with van der Waals surface area (Å²) in [6.07, 6.45) is 3.33. The molecule has 0 radical (unpaired) electrons. The quantitative estimate of drug-likeness (QED) is 0.684. The lowest BCUT2D eigenvalue weighted by Gasteiger charge is -2.28. The third kappa shape index (κ3) is 4.62. The molecule has 5 nitrogen and oxygen atoms in total.